The van der Waals surface area contributed by atoms with E-state index in [0.717, 1.165) is 65.1 Å². The number of fused-ring (bicyclic) bond motifs is 1. The molecule has 1 fully saturated rings. The highest BCUT2D eigenvalue weighted by atomic mass is 16.3. The molecule has 1 heterocycles. The van der Waals surface area contributed by atoms with Gasteiger partial charge in [0.2, 0.25) is 0 Å². The molecule has 0 aromatic heterocycles. The highest BCUT2D eigenvalue weighted by molar-refractivity contribution is 5.46. The second kappa shape index (κ2) is 11.4. The van der Waals surface area contributed by atoms with Crippen LogP contribution in [0.15, 0.2) is 48.5 Å². The number of benzene rings is 2. The summed E-state index contributed by atoms with van der Waals surface area (Å²) in [7, 11) is 0. The molecule has 1 aliphatic heterocycles. The normalized spacial score (nSPS) is 19.0. The summed E-state index contributed by atoms with van der Waals surface area (Å²) in [5.41, 5.74) is 3.98. The Kier molecular flexibility index (Phi) is 8.03. The number of hydrogen-bond donors (Lipinski definition) is 1. The highest BCUT2D eigenvalue weighted by Gasteiger charge is 2.24. The first kappa shape index (κ1) is 22.6. The Labute approximate surface area is 192 Å². The second-order valence-electron chi connectivity index (χ2n) is 9.17. The average Bonchev–Trinajstić information content (AvgIpc) is 2.84. The first-order valence-electron chi connectivity index (χ1n) is 12.2. The van der Waals surface area contributed by atoms with Crippen molar-refractivity contribution in [3.63, 3.8) is 0 Å². The van der Waals surface area contributed by atoms with E-state index in [2.05, 4.69) is 57.2 Å². The monoisotopic (exact) mass is 432 g/mol. The van der Waals surface area contributed by atoms with Gasteiger partial charge in [0.15, 0.2) is 0 Å². The number of nitriles is 1. The van der Waals surface area contributed by atoms with E-state index >= 15 is 0 Å². The number of aromatic hydroxyl groups is 1. The summed E-state index contributed by atoms with van der Waals surface area (Å²) >= 11 is 0. The third-order valence-electron chi connectivity index (χ3n) is 7.08. The van der Waals surface area contributed by atoms with Gasteiger partial charge in [-0.05, 0) is 80.6 Å². The van der Waals surface area contributed by atoms with Crippen molar-refractivity contribution < 1.29 is 5.11 Å². The van der Waals surface area contributed by atoms with Crippen LogP contribution in [0.4, 0.5) is 5.69 Å². The van der Waals surface area contributed by atoms with E-state index < -0.39 is 0 Å². The molecule has 5 nitrogen and oxygen atoms in total. The van der Waals surface area contributed by atoms with Crippen LogP contribution in [0.25, 0.3) is 0 Å². The van der Waals surface area contributed by atoms with Gasteiger partial charge in [-0.25, -0.2) is 0 Å². The summed E-state index contributed by atoms with van der Waals surface area (Å²) in [6.45, 7) is 7.55. The van der Waals surface area contributed by atoms with Crippen LogP contribution >= 0.6 is 0 Å². The summed E-state index contributed by atoms with van der Waals surface area (Å²) in [6.07, 6.45) is 6.16. The number of para-hydroxylation sites is 1. The number of aryl methyl sites for hydroxylation is 1. The lowest BCUT2D eigenvalue weighted by molar-refractivity contribution is 0.174. The van der Waals surface area contributed by atoms with E-state index in [9.17, 15) is 5.11 Å². The molecular formula is C27H36N4O. The fourth-order valence-corrected chi connectivity index (χ4v) is 5.23. The molecule has 2 aromatic rings. The van der Waals surface area contributed by atoms with Gasteiger partial charge in [0, 0.05) is 50.9 Å². The molecule has 4 rings (SSSR count). The molecule has 5 heteroatoms. The maximum atomic E-state index is 9.87. The molecule has 1 N–H and O–H groups in total. The molecule has 170 valence electrons. The van der Waals surface area contributed by atoms with Crippen molar-refractivity contribution >= 4 is 5.69 Å². The summed E-state index contributed by atoms with van der Waals surface area (Å²) in [4.78, 5) is 7.61. The Morgan fingerprint density at radius 1 is 0.969 bits per heavy atom. The summed E-state index contributed by atoms with van der Waals surface area (Å²) in [5, 5.41) is 19.0. The van der Waals surface area contributed by atoms with Gasteiger partial charge >= 0.3 is 0 Å². The zero-order valence-corrected chi connectivity index (χ0v) is 19.1. The SMILES string of the molecule is N#CCCN(CCCCN1CCN(c2ccccc2)CC1)C1CCc2ccc(O)cc2C1. The Bertz CT molecular complexity index is 886. The zero-order chi connectivity index (χ0) is 22.2. The van der Waals surface area contributed by atoms with E-state index in [-0.39, 0.29) is 0 Å². The van der Waals surface area contributed by atoms with Crippen LogP contribution < -0.4 is 4.90 Å². The minimum absolute atomic E-state index is 0.361. The number of hydrogen-bond acceptors (Lipinski definition) is 5. The molecular weight excluding hydrogens is 396 g/mol. The molecule has 1 unspecified atom stereocenters. The maximum absolute atomic E-state index is 9.87. The van der Waals surface area contributed by atoms with Crippen molar-refractivity contribution in [3.05, 3.63) is 59.7 Å². The molecule has 0 radical (unpaired) electrons. The van der Waals surface area contributed by atoms with Gasteiger partial charge in [-0.15, -0.1) is 0 Å². The fraction of sp³-hybridized carbons (Fsp3) is 0.519. The molecule has 2 aliphatic rings. The number of unbranched alkanes of at least 4 members (excludes halogenated alkanes) is 1. The first-order valence-corrected chi connectivity index (χ1v) is 12.2. The Morgan fingerprint density at radius 2 is 1.78 bits per heavy atom. The smallest absolute Gasteiger partial charge is 0.115 e. The fourth-order valence-electron chi connectivity index (χ4n) is 5.23. The number of piperazine rings is 1. The van der Waals surface area contributed by atoms with Gasteiger partial charge < -0.3 is 10.0 Å². The zero-order valence-electron chi connectivity index (χ0n) is 19.1. The van der Waals surface area contributed by atoms with Crippen LogP contribution in [0.5, 0.6) is 5.75 Å². The molecule has 0 spiro atoms. The molecule has 1 atom stereocenters. The standard InChI is InChI=1S/C27H36N4O/c28-13-6-16-30(26-11-9-23-10-12-27(32)22-24(23)21-26)15-5-4-14-29-17-19-31(20-18-29)25-7-2-1-3-8-25/h1-3,7-8,10,12,22,26,32H,4-6,9,11,14-21H2. The van der Waals surface area contributed by atoms with Crippen molar-refractivity contribution in [2.75, 3.05) is 50.7 Å². The third-order valence-corrected chi connectivity index (χ3v) is 7.08. The van der Waals surface area contributed by atoms with Crippen LogP contribution in [0.3, 0.4) is 0 Å². The van der Waals surface area contributed by atoms with Crippen LogP contribution in [-0.2, 0) is 12.8 Å². The summed E-state index contributed by atoms with van der Waals surface area (Å²) < 4.78 is 0. The predicted molar refractivity (Wildman–Crippen MR) is 130 cm³/mol. The van der Waals surface area contributed by atoms with E-state index in [1.165, 1.54) is 29.7 Å². The lowest BCUT2D eigenvalue weighted by Gasteiger charge is -2.37. The number of rotatable bonds is 9. The number of nitrogens with zero attached hydrogens (tertiary/aromatic N) is 4. The minimum atomic E-state index is 0.361. The van der Waals surface area contributed by atoms with Gasteiger partial charge in [-0.1, -0.05) is 24.3 Å². The van der Waals surface area contributed by atoms with E-state index in [1.807, 2.05) is 6.07 Å². The number of phenolic OH excluding ortho intramolecular Hbond substituents is 1. The molecule has 2 aromatic carbocycles. The van der Waals surface area contributed by atoms with Crippen molar-refractivity contribution in [1.29, 1.82) is 5.26 Å². The average molecular weight is 433 g/mol. The van der Waals surface area contributed by atoms with Gasteiger partial charge in [0.05, 0.1) is 6.07 Å². The van der Waals surface area contributed by atoms with Crippen molar-refractivity contribution in [1.82, 2.24) is 9.80 Å². The third kappa shape index (κ3) is 6.03. The van der Waals surface area contributed by atoms with Crippen LogP contribution in [0.1, 0.15) is 36.8 Å². The topological polar surface area (TPSA) is 53.7 Å². The Hall–Kier alpha value is -2.55. The summed E-state index contributed by atoms with van der Waals surface area (Å²) in [5.74, 6) is 0.361. The highest BCUT2D eigenvalue weighted by Crippen LogP contribution is 2.28. The lowest BCUT2D eigenvalue weighted by atomic mass is 9.87. The van der Waals surface area contributed by atoms with Gasteiger partial charge in [-0.3, -0.25) is 9.80 Å². The Balaban J connectivity index is 1.21. The van der Waals surface area contributed by atoms with Crippen molar-refractivity contribution in [3.8, 4) is 11.8 Å². The van der Waals surface area contributed by atoms with Crippen LogP contribution in [0.2, 0.25) is 0 Å². The van der Waals surface area contributed by atoms with Gasteiger partial charge in [0.25, 0.3) is 0 Å². The maximum Gasteiger partial charge on any atom is 0.115 e. The molecule has 0 saturated carbocycles. The minimum Gasteiger partial charge on any atom is -0.508 e. The molecule has 1 saturated heterocycles. The van der Waals surface area contributed by atoms with E-state index in [0.29, 0.717) is 18.2 Å². The van der Waals surface area contributed by atoms with Gasteiger partial charge in [-0.2, -0.15) is 5.26 Å². The lowest BCUT2D eigenvalue weighted by Crippen LogP contribution is -2.46. The first-order chi connectivity index (χ1) is 15.7. The van der Waals surface area contributed by atoms with Crippen LogP contribution in [0, 0.1) is 11.3 Å². The molecule has 1 aliphatic carbocycles. The molecule has 0 bridgehead atoms. The Morgan fingerprint density at radius 3 is 2.56 bits per heavy atom. The van der Waals surface area contributed by atoms with Crippen molar-refractivity contribution in [2.24, 2.45) is 0 Å². The van der Waals surface area contributed by atoms with E-state index in [1.54, 1.807) is 6.07 Å². The van der Waals surface area contributed by atoms with Crippen molar-refractivity contribution in [2.45, 2.75) is 44.6 Å². The van der Waals surface area contributed by atoms with Crippen LogP contribution in [-0.4, -0.2) is 66.8 Å². The number of phenols is 1. The summed E-state index contributed by atoms with van der Waals surface area (Å²) in [6, 6.07) is 19.3. The number of anilines is 1. The predicted octanol–water partition coefficient (Wildman–Crippen LogP) is 4.07. The largest absolute Gasteiger partial charge is 0.508 e. The quantitative estimate of drug-likeness (QED) is 0.606. The van der Waals surface area contributed by atoms with E-state index in [4.69, 9.17) is 5.26 Å². The second-order valence-corrected chi connectivity index (χ2v) is 9.17. The molecule has 0 amide bonds. The van der Waals surface area contributed by atoms with Gasteiger partial charge in [0.1, 0.15) is 5.75 Å². The molecule has 32 heavy (non-hydrogen) atoms.